The average molecular weight is 223 g/mol. The second kappa shape index (κ2) is 4.65. The van der Waals surface area contributed by atoms with Crippen molar-refractivity contribution < 1.29 is 43.4 Å². The van der Waals surface area contributed by atoms with Gasteiger partial charge in [0.25, 0.3) is 0 Å². The fourth-order valence-corrected chi connectivity index (χ4v) is 0. The zero-order chi connectivity index (χ0) is 4.50. The third-order valence-corrected chi connectivity index (χ3v) is 0. The summed E-state index contributed by atoms with van der Waals surface area (Å²) in [7, 11) is -4.67. The van der Waals surface area contributed by atoms with Gasteiger partial charge < -0.3 is 5.48 Å². The van der Waals surface area contributed by atoms with E-state index in [1.54, 1.807) is 0 Å². The Balaban J connectivity index is -0.0000000800. The molecule has 5 nitrogen and oxygen atoms in total. The van der Waals surface area contributed by atoms with Crippen molar-refractivity contribution >= 4 is 10.4 Å². The molecule has 0 rings (SSSR count). The molecule has 0 bridgehead atoms. The molecule has 0 saturated heterocycles. The van der Waals surface area contributed by atoms with Gasteiger partial charge in [0.15, 0.2) is 0 Å². The summed E-state index contributed by atoms with van der Waals surface area (Å²) in [6.07, 6.45) is 0. The summed E-state index contributed by atoms with van der Waals surface area (Å²) in [6, 6.07) is 0. The molecule has 50 valence electrons. The van der Waals surface area contributed by atoms with Crippen molar-refractivity contribution in [2.75, 3.05) is 0 Å². The first-order valence-corrected chi connectivity index (χ1v) is 2.10. The summed E-state index contributed by atoms with van der Waals surface area (Å²) >= 11 is 0. The molecule has 0 spiro atoms. The van der Waals surface area contributed by atoms with Crippen LogP contribution in [0.15, 0.2) is 0 Å². The summed E-state index contributed by atoms with van der Waals surface area (Å²) in [4.78, 5) is 0. The molecule has 0 radical (unpaired) electrons. The molecule has 0 aromatic carbocycles. The number of hydrogen-bond acceptors (Lipinski definition) is 2. The van der Waals surface area contributed by atoms with Crippen LogP contribution in [0.4, 0.5) is 0 Å². The minimum Gasteiger partial charge on any atom is -0.412 e. The van der Waals surface area contributed by atoms with Crippen molar-refractivity contribution in [3.8, 4) is 0 Å². The van der Waals surface area contributed by atoms with Crippen molar-refractivity contribution in [2.45, 2.75) is 0 Å². The Labute approximate surface area is 54.3 Å². The quantitative estimate of drug-likeness (QED) is 0.385. The van der Waals surface area contributed by atoms with Crippen LogP contribution in [0.3, 0.4) is 0 Å². The van der Waals surface area contributed by atoms with Gasteiger partial charge in [0.2, 0.25) is 0 Å². The maximum Gasteiger partial charge on any atom is 0.394 e. The minimum atomic E-state index is -4.67. The van der Waals surface area contributed by atoms with Crippen LogP contribution in [0.2, 0.25) is 0 Å². The van der Waals surface area contributed by atoms with Gasteiger partial charge in [0, 0.05) is 20.4 Å². The zero-order valence-corrected chi connectivity index (χ0v) is 5.31. The Morgan fingerprint density at radius 2 is 1.14 bits per heavy atom. The topological polar surface area (TPSA) is 106 Å². The van der Waals surface area contributed by atoms with Gasteiger partial charge in [-0.05, 0) is 0 Å². The average Bonchev–Trinajstić information content (AvgIpc) is 0.722. The first kappa shape index (κ1) is 15.6. The molecule has 7 heteroatoms. The molecule has 0 aliphatic carbocycles. The Hall–Kier alpha value is 0.492. The van der Waals surface area contributed by atoms with Gasteiger partial charge in [-0.15, -0.1) is 0 Å². The van der Waals surface area contributed by atoms with Crippen LogP contribution >= 0.6 is 0 Å². The number of hydrogen-bond donors (Lipinski definition) is 2. The Bertz CT molecular complexity index is 91.2. The Morgan fingerprint density at radius 3 is 1.14 bits per heavy atom. The fraction of sp³-hybridized carbons (Fsp3) is 0. The molecular formula is H4O5PdS. The standard InChI is InChI=1S/H2O4S.H2O.Pd/c1-5(2,3)4;;/h(H2,1,2,3,4);1H2;. The second-order valence-electron chi connectivity index (χ2n) is 0.448. The molecule has 0 aliphatic heterocycles. The summed E-state index contributed by atoms with van der Waals surface area (Å²) in [5.74, 6) is 0. The molecule has 0 saturated carbocycles. The van der Waals surface area contributed by atoms with Crippen LogP contribution in [0.5, 0.6) is 0 Å². The van der Waals surface area contributed by atoms with Crippen LogP contribution in [-0.4, -0.2) is 23.0 Å². The van der Waals surface area contributed by atoms with Crippen molar-refractivity contribution in [2.24, 2.45) is 0 Å². The van der Waals surface area contributed by atoms with E-state index in [9.17, 15) is 0 Å². The van der Waals surface area contributed by atoms with Gasteiger partial charge in [0.05, 0.1) is 0 Å². The molecule has 7 heavy (non-hydrogen) atoms. The van der Waals surface area contributed by atoms with Gasteiger partial charge in [-0.2, -0.15) is 8.42 Å². The third-order valence-electron chi connectivity index (χ3n) is 0. The van der Waals surface area contributed by atoms with E-state index >= 15 is 0 Å². The number of rotatable bonds is 0. The molecule has 4 N–H and O–H groups in total. The summed E-state index contributed by atoms with van der Waals surface area (Å²) in [6.45, 7) is 0. The van der Waals surface area contributed by atoms with Gasteiger partial charge in [-0.1, -0.05) is 0 Å². The van der Waals surface area contributed by atoms with E-state index in [4.69, 9.17) is 17.5 Å². The van der Waals surface area contributed by atoms with Crippen molar-refractivity contribution in [3.63, 3.8) is 0 Å². The molecule has 0 fully saturated rings. The zero-order valence-electron chi connectivity index (χ0n) is 2.94. The monoisotopic (exact) mass is 222 g/mol. The third kappa shape index (κ3) is 541. The molecule has 0 heterocycles. The molecule has 0 amide bonds. The first-order valence-electron chi connectivity index (χ1n) is 0.698. The molecule has 0 aliphatic rings. The normalized spacial score (nSPS) is 8.29. The summed E-state index contributed by atoms with van der Waals surface area (Å²) in [5.41, 5.74) is 0. The molecular weight excluding hydrogens is 218 g/mol. The molecule has 0 unspecified atom stereocenters. The van der Waals surface area contributed by atoms with Gasteiger partial charge >= 0.3 is 10.4 Å². The van der Waals surface area contributed by atoms with Crippen LogP contribution < -0.4 is 0 Å². The van der Waals surface area contributed by atoms with Crippen molar-refractivity contribution in [1.29, 1.82) is 0 Å². The van der Waals surface area contributed by atoms with E-state index in [0.717, 1.165) is 0 Å². The summed E-state index contributed by atoms with van der Waals surface area (Å²) in [5, 5.41) is 0. The van der Waals surface area contributed by atoms with E-state index in [-0.39, 0.29) is 25.9 Å². The maximum atomic E-state index is 8.74. The van der Waals surface area contributed by atoms with E-state index in [1.165, 1.54) is 0 Å². The van der Waals surface area contributed by atoms with E-state index in [1.807, 2.05) is 0 Å². The molecule has 0 aromatic heterocycles. The Morgan fingerprint density at radius 1 is 1.14 bits per heavy atom. The van der Waals surface area contributed by atoms with E-state index in [0.29, 0.717) is 0 Å². The van der Waals surface area contributed by atoms with Crippen LogP contribution in [0, 0.1) is 0 Å². The van der Waals surface area contributed by atoms with Crippen molar-refractivity contribution in [1.82, 2.24) is 0 Å². The van der Waals surface area contributed by atoms with E-state index in [2.05, 4.69) is 0 Å². The van der Waals surface area contributed by atoms with Crippen LogP contribution in [0.1, 0.15) is 0 Å². The molecule has 0 atom stereocenters. The largest absolute Gasteiger partial charge is 0.412 e. The predicted octanol–water partition coefficient (Wildman–Crippen LogP) is -1.48. The fourth-order valence-electron chi connectivity index (χ4n) is 0. The van der Waals surface area contributed by atoms with Gasteiger partial charge in [-0.25, -0.2) is 0 Å². The maximum absolute atomic E-state index is 8.74. The second-order valence-corrected chi connectivity index (χ2v) is 1.34. The van der Waals surface area contributed by atoms with Gasteiger partial charge in [0.1, 0.15) is 0 Å². The Kier molecular flexibility index (Phi) is 10.4. The summed E-state index contributed by atoms with van der Waals surface area (Å²) < 4.78 is 31.6. The SMILES string of the molecule is O.O=S(=O)(O)O.[Pd]. The predicted molar refractivity (Wildman–Crippen MR) is 17.8 cm³/mol. The molecule has 0 aromatic rings. The first-order chi connectivity index (χ1) is 2.00. The van der Waals surface area contributed by atoms with Crippen LogP contribution in [-0.2, 0) is 30.8 Å². The smallest absolute Gasteiger partial charge is 0.394 e. The van der Waals surface area contributed by atoms with Crippen molar-refractivity contribution in [3.05, 3.63) is 0 Å². The van der Waals surface area contributed by atoms with E-state index < -0.39 is 10.4 Å². The van der Waals surface area contributed by atoms with Crippen LogP contribution in [0.25, 0.3) is 0 Å². The minimum absolute atomic E-state index is 0. The van der Waals surface area contributed by atoms with Gasteiger partial charge in [-0.3, -0.25) is 9.11 Å².